The van der Waals surface area contributed by atoms with Crippen LogP contribution in [0.2, 0.25) is 5.02 Å². The first-order valence-electron chi connectivity index (χ1n) is 9.13. The molecule has 0 bridgehead atoms. The van der Waals surface area contributed by atoms with Crippen LogP contribution in [-0.4, -0.2) is 40.1 Å². The first-order valence-corrected chi connectivity index (χ1v) is 11.0. The summed E-state index contributed by atoms with van der Waals surface area (Å²) in [6, 6.07) is 8.54. The Labute approximate surface area is 179 Å². The van der Waals surface area contributed by atoms with E-state index in [-0.39, 0.29) is 16.5 Å². The lowest BCUT2D eigenvalue weighted by Gasteiger charge is -2.12. The topological polar surface area (TPSA) is 111 Å². The van der Waals surface area contributed by atoms with Crippen LogP contribution in [0.25, 0.3) is 0 Å². The molecule has 10 heteroatoms. The summed E-state index contributed by atoms with van der Waals surface area (Å²) in [6.07, 6.45) is 1.65. The molecule has 30 heavy (non-hydrogen) atoms. The molecule has 1 aliphatic carbocycles. The van der Waals surface area contributed by atoms with E-state index in [9.17, 15) is 18.0 Å². The third kappa shape index (κ3) is 5.50. The molecule has 160 valence electrons. The van der Waals surface area contributed by atoms with Gasteiger partial charge in [-0.05, 0) is 55.7 Å². The number of esters is 1. The molecule has 1 saturated carbocycles. The zero-order chi connectivity index (χ0) is 21.9. The van der Waals surface area contributed by atoms with E-state index in [0.717, 1.165) is 18.4 Å². The van der Waals surface area contributed by atoms with Gasteiger partial charge >= 0.3 is 5.97 Å². The van der Waals surface area contributed by atoms with Crippen molar-refractivity contribution in [1.29, 1.82) is 0 Å². The van der Waals surface area contributed by atoms with Gasteiger partial charge in [-0.3, -0.25) is 4.79 Å². The Morgan fingerprint density at radius 2 is 1.83 bits per heavy atom. The Hall–Kier alpha value is -2.62. The zero-order valence-corrected chi connectivity index (χ0v) is 18.0. The molecule has 1 aliphatic rings. The van der Waals surface area contributed by atoms with Gasteiger partial charge < -0.3 is 14.8 Å². The number of anilines is 1. The number of aryl methyl sites for hydroxylation is 1. The molecule has 2 aromatic carbocycles. The van der Waals surface area contributed by atoms with Crippen molar-refractivity contribution in [3.8, 4) is 5.75 Å². The summed E-state index contributed by atoms with van der Waals surface area (Å²) in [7, 11) is -2.16. The number of amides is 1. The lowest BCUT2D eigenvalue weighted by molar-refractivity contribution is -0.119. The molecular weight excluding hydrogens is 432 g/mol. The highest BCUT2D eigenvalue weighted by Crippen LogP contribution is 2.30. The fourth-order valence-corrected chi connectivity index (χ4v) is 4.05. The van der Waals surface area contributed by atoms with E-state index in [1.165, 1.54) is 31.4 Å². The number of ether oxygens (including phenoxy) is 2. The number of carbonyl (C=O) groups excluding carboxylic acids is 2. The van der Waals surface area contributed by atoms with Gasteiger partial charge in [0, 0.05) is 17.1 Å². The second kappa shape index (κ2) is 9.03. The van der Waals surface area contributed by atoms with Crippen LogP contribution in [0.15, 0.2) is 41.3 Å². The number of carbonyl (C=O) groups is 2. The predicted molar refractivity (Wildman–Crippen MR) is 111 cm³/mol. The highest BCUT2D eigenvalue weighted by Gasteiger charge is 2.28. The number of sulfonamides is 1. The predicted octanol–water partition coefficient (Wildman–Crippen LogP) is 2.89. The zero-order valence-electron chi connectivity index (χ0n) is 16.4. The summed E-state index contributed by atoms with van der Waals surface area (Å²) in [4.78, 5) is 24.4. The van der Waals surface area contributed by atoms with Gasteiger partial charge in [0.05, 0.1) is 23.3 Å². The van der Waals surface area contributed by atoms with Gasteiger partial charge in [0.1, 0.15) is 5.75 Å². The summed E-state index contributed by atoms with van der Waals surface area (Å²) >= 11 is 6.03. The quantitative estimate of drug-likeness (QED) is 0.596. The molecule has 0 aromatic heterocycles. The minimum absolute atomic E-state index is 0.0128. The average Bonchev–Trinajstić information content (AvgIpc) is 3.52. The second-order valence-electron chi connectivity index (χ2n) is 6.85. The largest absolute Gasteiger partial charge is 0.495 e. The van der Waals surface area contributed by atoms with Crippen molar-refractivity contribution in [3.63, 3.8) is 0 Å². The summed E-state index contributed by atoms with van der Waals surface area (Å²) in [5.74, 6) is -0.929. The Morgan fingerprint density at radius 1 is 1.17 bits per heavy atom. The standard InChI is InChI=1S/C20H21ClN2O6S/c1-12-9-17(18(28-2)10-16(12)21)22-19(24)11-29-20(25)13-3-7-15(8-4-13)30(26,27)23-14-5-6-14/h3-4,7-10,14,23H,5-6,11H2,1-2H3,(H,22,24). The van der Waals surface area contributed by atoms with Crippen LogP contribution in [0.5, 0.6) is 5.75 Å². The number of hydrogen-bond acceptors (Lipinski definition) is 6. The molecule has 0 aliphatic heterocycles. The smallest absolute Gasteiger partial charge is 0.338 e. The van der Waals surface area contributed by atoms with Crippen LogP contribution in [0.4, 0.5) is 5.69 Å². The van der Waals surface area contributed by atoms with Gasteiger partial charge in [-0.25, -0.2) is 17.9 Å². The normalized spacial score (nSPS) is 13.6. The Balaban J connectivity index is 1.57. The number of halogens is 1. The molecule has 8 nitrogen and oxygen atoms in total. The Kier molecular flexibility index (Phi) is 6.64. The van der Waals surface area contributed by atoms with Crippen molar-refractivity contribution in [2.75, 3.05) is 19.0 Å². The van der Waals surface area contributed by atoms with Gasteiger partial charge in [0.2, 0.25) is 10.0 Å². The lowest BCUT2D eigenvalue weighted by Crippen LogP contribution is -2.25. The van der Waals surface area contributed by atoms with Crippen molar-refractivity contribution in [3.05, 3.63) is 52.5 Å². The molecule has 2 aromatic rings. The molecule has 0 heterocycles. The monoisotopic (exact) mass is 452 g/mol. The van der Waals surface area contributed by atoms with Gasteiger partial charge in [0.15, 0.2) is 6.61 Å². The van der Waals surface area contributed by atoms with Crippen LogP contribution in [0.1, 0.15) is 28.8 Å². The number of benzene rings is 2. The SMILES string of the molecule is COc1cc(Cl)c(C)cc1NC(=O)COC(=O)c1ccc(S(=O)(=O)NC2CC2)cc1. The highest BCUT2D eigenvalue weighted by molar-refractivity contribution is 7.89. The number of hydrogen-bond donors (Lipinski definition) is 2. The first kappa shape index (κ1) is 22.1. The molecule has 0 radical (unpaired) electrons. The minimum atomic E-state index is -3.60. The summed E-state index contributed by atoms with van der Waals surface area (Å²) in [5.41, 5.74) is 1.28. The summed E-state index contributed by atoms with van der Waals surface area (Å²) in [6.45, 7) is 1.26. The van der Waals surface area contributed by atoms with Crippen molar-refractivity contribution >= 4 is 39.2 Å². The van der Waals surface area contributed by atoms with Gasteiger partial charge in [-0.15, -0.1) is 0 Å². The lowest BCUT2D eigenvalue weighted by atomic mass is 10.2. The van der Waals surface area contributed by atoms with E-state index in [2.05, 4.69) is 10.0 Å². The van der Waals surface area contributed by atoms with E-state index in [1.54, 1.807) is 19.1 Å². The fourth-order valence-electron chi connectivity index (χ4n) is 2.59. The maximum atomic E-state index is 12.2. The molecule has 0 saturated heterocycles. The summed E-state index contributed by atoms with van der Waals surface area (Å²) in [5, 5.41) is 3.10. The van der Waals surface area contributed by atoms with Crippen molar-refractivity contribution in [2.24, 2.45) is 0 Å². The van der Waals surface area contributed by atoms with Crippen LogP contribution in [0, 0.1) is 6.92 Å². The molecule has 0 atom stereocenters. The molecule has 2 N–H and O–H groups in total. The molecular formula is C20H21ClN2O6S. The molecule has 1 amide bonds. The molecule has 0 unspecified atom stereocenters. The van der Waals surface area contributed by atoms with E-state index >= 15 is 0 Å². The molecule has 0 spiro atoms. The van der Waals surface area contributed by atoms with E-state index in [4.69, 9.17) is 21.1 Å². The van der Waals surface area contributed by atoms with Crippen LogP contribution in [0.3, 0.4) is 0 Å². The first-order chi connectivity index (χ1) is 14.2. The van der Waals surface area contributed by atoms with Crippen molar-refractivity contribution in [2.45, 2.75) is 30.7 Å². The maximum Gasteiger partial charge on any atom is 0.338 e. The average molecular weight is 453 g/mol. The maximum absolute atomic E-state index is 12.2. The van der Waals surface area contributed by atoms with Gasteiger partial charge in [-0.1, -0.05) is 11.6 Å². The van der Waals surface area contributed by atoms with Crippen LogP contribution < -0.4 is 14.8 Å². The van der Waals surface area contributed by atoms with Gasteiger partial charge in [-0.2, -0.15) is 0 Å². The molecule has 3 rings (SSSR count). The number of rotatable bonds is 8. The van der Waals surface area contributed by atoms with E-state index in [0.29, 0.717) is 16.5 Å². The summed E-state index contributed by atoms with van der Waals surface area (Å²) < 4.78 is 37.1. The second-order valence-corrected chi connectivity index (χ2v) is 8.97. The van der Waals surface area contributed by atoms with Crippen molar-refractivity contribution < 1.29 is 27.5 Å². The highest BCUT2D eigenvalue weighted by atomic mass is 35.5. The van der Waals surface area contributed by atoms with Gasteiger partial charge in [0.25, 0.3) is 5.91 Å². The fraction of sp³-hybridized carbons (Fsp3) is 0.300. The van der Waals surface area contributed by atoms with Crippen LogP contribution >= 0.6 is 11.6 Å². The van der Waals surface area contributed by atoms with Crippen LogP contribution in [-0.2, 0) is 19.6 Å². The number of nitrogens with one attached hydrogen (secondary N) is 2. The number of methoxy groups -OCH3 is 1. The molecule has 1 fully saturated rings. The third-order valence-corrected chi connectivity index (χ3v) is 6.33. The van der Waals surface area contributed by atoms with E-state index < -0.39 is 28.5 Å². The van der Waals surface area contributed by atoms with E-state index in [1.807, 2.05) is 0 Å². The Morgan fingerprint density at radius 3 is 2.43 bits per heavy atom. The Bertz CT molecular complexity index is 1070. The third-order valence-electron chi connectivity index (χ3n) is 4.39. The minimum Gasteiger partial charge on any atom is -0.495 e. The van der Waals surface area contributed by atoms with Crippen molar-refractivity contribution in [1.82, 2.24) is 4.72 Å².